The number of hydrogen-bond donors (Lipinski definition) is 8. The van der Waals surface area contributed by atoms with Gasteiger partial charge in [-0.1, -0.05) is 280 Å². The van der Waals surface area contributed by atoms with Gasteiger partial charge >= 0.3 is 6.18 Å². The van der Waals surface area contributed by atoms with Gasteiger partial charge in [0.15, 0.2) is 0 Å². The molecule has 0 fully saturated rings. The van der Waals surface area contributed by atoms with Crippen molar-refractivity contribution in [1.29, 1.82) is 0 Å². The number of hydrogen-bond acceptors (Lipinski definition) is 8. The molecule has 11 heteroatoms. The van der Waals surface area contributed by atoms with Gasteiger partial charge in [0.2, 0.25) is 0 Å². The molecule has 8 N–H and O–H groups in total. The zero-order valence-electron chi connectivity index (χ0n) is 59.2. The SMILES string of the molecule is C#CC(C)(O)c1ccccc1.C#CC(O)(CC)c1ccccc1.C#CC(O)c1cc(C)cc(C(F)(F)F)c1.C#CC(O)c1cc(C)cc(C)c1.C#CCC(C)(O)c1ccccc1.C#CCC(O)(CC)c1ccccc1.C#CCC(O)(CCCC)c1ccccc1.C#CCC(O)c1ccccc1. The van der Waals surface area contributed by atoms with Crippen molar-refractivity contribution in [2.75, 3.05) is 0 Å². The Kier molecular flexibility index (Phi) is 40.5. The summed E-state index contributed by atoms with van der Waals surface area (Å²) in [6.45, 7) is 14.7. The topological polar surface area (TPSA) is 162 Å². The monoisotopic (exact) mass is 1360 g/mol. The van der Waals surface area contributed by atoms with Gasteiger partial charge in [0, 0.05) is 25.7 Å². The molecule has 8 atom stereocenters. The van der Waals surface area contributed by atoms with Crippen molar-refractivity contribution >= 4 is 0 Å². The molecule has 0 spiro atoms. The minimum absolute atomic E-state index is 0.0878. The normalized spacial score (nSPS) is 13.9. The summed E-state index contributed by atoms with van der Waals surface area (Å²) < 4.78 is 37.1. The van der Waals surface area contributed by atoms with Crippen molar-refractivity contribution in [2.45, 2.75) is 166 Å². The third-order valence-electron chi connectivity index (χ3n) is 15.5. The fourth-order valence-electron chi connectivity index (χ4n) is 9.52. The number of benzene rings is 8. The number of halogens is 3. The molecular weight excluding hydrogens is 1270 g/mol. The number of aryl methyl sites for hydroxylation is 3. The average molecular weight is 1360 g/mol. The molecule has 0 aliphatic carbocycles. The van der Waals surface area contributed by atoms with Crippen LogP contribution in [0, 0.1) is 120 Å². The molecule has 8 rings (SSSR count). The van der Waals surface area contributed by atoms with Gasteiger partial charge in [0.05, 0.1) is 17.3 Å². The maximum Gasteiger partial charge on any atom is 0.416 e. The van der Waals surface area contributed by atoms with Crippen LogP contribution in [0.1, 0.15) is 177 Å². The first-order valence-electron chi connectivity index (χ1n) is 32.7. The Morgan fingerprint density at radius 1 is 0.386 bits per heavy atom. The van der Waals surface area contributed by atoms with Crippen molar-refractivity contribution < 1.29 is 54.0 Å². The summed E-state index contributed by atoms with van der Waals surface area (Å²) in [5.41, 5.74) is 3.04. The van der Waals surface area contributed by atoms with E-state index in [0.29, 0.717) is 44.1 Å². The first kappa shape index (κ1) is 88.7. The predicted octanol–water partition coefficient (Wildman–Crippen LogP) is 17.2. The molecule has 0 saturated heterocycles. The van der Waals surface area contributed by atoms with Gasteiger partial charge in [-0.3, -0.25) is 0 Å². The highest BCUT2D eigenvalue weighted by Crippen LogP contribution is 2.33. The van der Waals surface area contributed by atoms with Crippen molar-refractivity contribution in [3.8, 4) is 98.8 Å². The number of aliphatic hydroxyl groups is 8. The van der Waals surface area contributed by atoms with Crippen molar-refractivity contribution in [1.82, 2.24) is 0 Å². The first-order valence-corrected chi connectivity index (χ1v) is 32.7. The van der Waals surface area contributed by atoms with Crippen molar-refractivity contribution in [2.24, 2.45) is 0 Å². The molecule has 0 radical (unpaired) electrons. The van der Waals surface area contributed by atoms with Crippen molar-refractivity contribution in [3.05, 3.63) is 285 Å². The molecule has 8 aromatic carbocycles. The number of aliphatic hydroxyl groups excluding tert-OH is 3. The Hall–Kier alpha value is -10.3. The molecule has 526 valence electrons. The number of alkyl halides is 3. The van der Waals surface area contributed by atoms with Crippen LogP contribution in [-0.4, -0.2) is 40.9 Å². The standard InChI is InChI=1S/C14H18O.C12H14O.C11H9F3O.3C11H12O.2C10H10O/c1-3-5-12-14(15,11-4-2)13-9-7-6-8-10-13;1-3-10-12(13,4-2)11-8-6-5-7-9-11;1-3-10(15)8-4-7(2)5-9(6-8)11(12,13)14;1-4-11(12)10-6-8(2)5-9(3)7-10;1-3-9-11(2,12)10-7-5-4-6-8-10;1-3-11(12,4-2)10-8-6-5-7-9-10;1-3-10(2,11)9-7-5-4-6-8-9;1-2-6-10(11)9-7-4-3-5-8-9/h2,6-10,15H,3,5,11-12H2,1H3;1,5-9,13H,4,10H2,2H3;1,4-6,10,15H,2H3;1,5-7,11-12H,2-3H3;1,4-8,12H,9H2,2H3;1,5-9,12H,4H2,2H3;1,4-8,11H,2H3;1,3-5,7-8,10-11H,6H2. The molecule has 0 aliphatic heterocycles. The third kappa shape index (κ3) is 32.5. The van der Waals surface area contributed by atoms with E-state index in [2.05, 4.69) is 48.4 Å². The first-order chi connectivity index (χ1) is 47.8. The predicted molar refractivity (Wildman–Crippen MR) is 406 cm³/mol. The zero-order chi connectivity index (χ0) is 76.1. The van der Waals surface area contributed by atoms with Crippen LogP contribution < -0.4 is 0 Å². The molecule has 0 aromatic heterocycles. The molecule has 8 unspecified atom stereocenters. The van der Waals surface area contributed by atoms with E-state index in [-0.39, 0.29) is 5.56 Å². The van der Waals surface area contributed by atoms with E-state index < -0.39 is 58.1 Å². The molecule has 101 heavy (non-hydrogen) atoms. The van der Waals surface area contributed by atoms with E-state index in [1.54, 1.807) is 26.0 Å². The highest BCUT2D eigenvalue weighted by molar-refractivity contribution is 5.36. The molecule has 0 saturated carbocycles. The third-order valence-corrected chi connectivity index (χ3v) is 15.5. The molecule has 0 amide bonds. The van der Waals surface area contributed by atoms with Crippen LogP contribution in [0.15, 0.2) is 218 Å². The highest BCUT2D eigenvalue weighted by atomic mass is 19.4. The van der Waals surface area contributed by atoms with Crippen LogP contribution in [0.3, 0.4) is 0 Å². The fraction of sp³-hybridized carbons (Fsp3) is 0.289. The molecule has 0 aliphatic rings. The Labute approximate surface area is 600 Å². The van der Waals surface area contributed by atoms with Crippen LogP contribution in [0.25, 0.3) is 0 Å². The molecule has 0 bridgehead atoms. The zero-order valence-corrected chi connectivity index (χ0v) is 59.2. The Morgan fingerprint density at radius 2 is 0.752 bits per heavy atom. The van der Waals surface area contributed by atoms with Gasteiger partial charge in [-0.15, -0.1) is 75.1 Å². The minimum Gasteiger partial charge on any atom is -0.387 e. The Balaban J connectivity index is 0.000000578. The summed E-state index contributed by atoms with van der Waals surface area (Å²) in [7, 11) is 0. The second-order valence-corrected chi connectivity index (χ2v) is 23.9. The lowest BCUT2D eigenvalue weighted by molar-refractivity contribution is -0.137. The second kappa shape index (κ2) is 46.1. The number of terminal acetylenes is 8. The van der Waals surface area contributed by atoms with Gasteiger partial charge in [0.1, 0.15) is 34.6 Å². The van der Waals surface area contributed by atoms with E-state index in [9.17, 15) is 54.0 Å². The van der Waals surface area contributed by atoms with E-state index in [1.807, 2.05) is 222 Å². The van der Waals surface area contributed by atoms with Crippen LogP contribution in [-0.2, 0) is 34.2 Å². The summed E-state index contributed by atoms with van der Waals surface area (Å²) in [4.78, 5) is 0. The summed E-state index contributed by atoms with van der Waals surface area (Å²) in [5, 5.41) is 77.8. The molecular formula is C90H97F3O8. The van der Waals surface area contributed by atoms with Gasteiger partial charge in [-0.05, 0) is 111 Å². The van der Waals surface area contributed by atoms with E-state index >= 15 is 0 Å². The van der Waals surface area contributed by atoms with Crippen LogP contribution in [0.5, 0.6) is 0 Å². The summed E-state index contributed by atoms with van der Waals surface area (Å²) >= 11 is 0. The van der Waals surface area contributed by atoms with Gasteiger partial charge in [-0.25, -0.2) is 0 Å². The van der Waals surface area contributed by atoms with Gasteiger partial charge in [0.25, 0.3) is 0 Å². The fourth-order valence-corrected chi connectivity index (χ4v) is 9.52. The molecule has 8 aromatic rings. The Bertz CT molecular complexity index is 3990. The Morgan fingerprint density at radius 3 is 1.11 bits per heavy atom. The van der Waals surface area contributed by atoms with Crippen molar-refractivity contribution in [3.63, 3.8) is 0 Å². The highest BCUT2D eigenvalue weighted by Gasteiger charge is 2.32. The summed E-state index contributed by atoms with van der Waals surface area (Å²) in [6, 6.07) is 65.7. The van der Waals surface area contributed by atoms with E-state index in [1.165, 1.54) is 13.0 Å². The lowest BCUT2D eigenvalue weighted by Gasteiger charge is -2.26. The molecule has 0 heterocycles. The van der Waals surface area contributed by atoms with Crippen LogP contribution in [0.2, 0.25) is 0 Å². The number of rotatable bonds is 17. The maximum absolute atomic E-state index is 12.4. The lowest BCUT2D eigenvalue weighted by atomic mass is 9.86. The summed E-state index contributed by atoms with van der Waals surface area (Å²) in [5.74, 6) is 18.9. The second-order valence-electron chi connectivity index (χ2n) is 23.9. The van der Waals surface area contributed by atoms with Crippen LogP contribution in [0.4, 0.5) is 13.2 Å². The average Bonchev–Trinajstić information content (AvgIpc) is 0.851. The van der Waals surface area contributed by atoms with Gasteiger partial charge in [-0.2, -0.15) is 13.2 Å². The van der Waals surface area contributed by atoms with Crippen LogP contribution >= 0.6 is 0 Å². The van der Waals surface area contributed by atoms with E-state index in [4.69, 9.17) is 51.4 Å². The largest absolute Gasteiger partial charge is 0.416 e. The number of unbranched alkanes of at least 4 members (excludes halogenated alkanes) is 1. The smallest absolute Gasteiger partial charge is 0.387 e. The lowest BCUT2D eigenvalue weighted by Crippen LogP contribution is -2.24. The molecule has 8 nitrogen and oxygen atoms in total. The van der Waals surface area contributed by atoms with Gasteiger partial charge < -0.3 is 40.9 Å². The summed E-state index contributed by atoms with van der Waals surface area (Å²) in [6.07, 6.45) is 39.6. The minimum atomic E-state index is -4.42. The van der Waals surface area contributed by atoms with E-state index in [0.717, 1.165) is 81.5 Å². The maximum atomic E-state index is 12.4. The quantitative estimate of drug-likeness (QED) is 0.0418.